The van der Waals surface area contributed by atoms with E-state index in [-0.39, 0.29) is 11.9 Å². The summed E-state index contributed by atoms with van der Waals surface area (Å²) in [6, 6.07) is 6.64. The van der Waals surface area contributed by atoms with Gasteiger partial charge in [-0.15, -0.1) is 0 Å². The number of urea groups is 1. The number of anilines is 1. The zero-order valence-electron chi connectivity index (χ0n) is 8.74. The monoisotopic (exact) mass is 206 g/mol. The molecule has 0 aliphatic carbocycles. The van der Waals surface area contributed by atoms with E-state index in [1.165, 1.54) is 4.90 Å². The van der Waals surface area contributed by atoms with Crippen molar-refractivity contribution in [1.82, 2.24) is 4.90 Å². The summed E-state index contributed by atoms with van der Waals surface area (Å²) in [5, 5.41) is 9.93. The molecule has 0 saturated carbocycles. The summed E-state index contributed by atoms with van der Waals surface area (Å²) in [4.78, 5) is 12.8. The summed E-state index contributed by atoms with van der Waals surface area (Å²) >= 11 is 0. The molecular weight excluding hydrogens is 192 g/mol. The van der Waals surface area contributed by atoms with Crippen LogP contribution in [0.3, 0.4) is 0 Å². The van der Waals surface area contributed by atoms with Gasteiger partial charge in [-0.1, -0.05) is 12.1 Å². The number of nitrogen functional groups attached to an aromatic ring is 1. The molecule has 80 valence electrons. The summed E-state index contributed by atoms with van der Waals surface area (Å²) in [5.41, 5.74) is 6.55. The lowest BCUT2D eigenvalue weighted by Gasteiger charge is -2.12. The van der Waals surface area contributed by atoms with Gasteiger partial charge in [-0.2, -0.15) is 0 Å². The van der Waals surface area contributed by atoms with Gasteiger partial charge in [0.2, 0.25) is 0 Å². The van der Waals surface area contributed by atoms with Crippen LogP contribution in [0.25, 0.3) is 0 Å². The number of amidine groups is 1. The van der Waals surface area contributed by atoms with Gasteiger partial charge in [-0.05, 0) is 12.1 Å². The Kier molecular flexibility index (Phi) is 3.28. The number of nitrogens with two attached hydrogens (primary N) is 1. The first kappa shape index (κ1) is 11.0. The molecule has 0 bridgehead atoms. The summed E-state index contributed by atoms with van der Waals surface area (Å²) < 4.78 is 0. The van der Waals surface area contributed by atoms with E-state index in [0.29, 0.717) is 11.3 Å². The minimum Gasteiger partial charge on any atom is -0.384 e. The quantitative estimate of drug-likeness (QED) is 0.499. The number of carbonyl (C=O) groups is 1. The van der Waals surface area contributed by atoms with Crippen molar-refractivity contribution in [2.24, 2.45) is 5.73 Å². The van der Waals surface area contributed by atoms with Gasteiger partial charge in [0.25, 0.3) is 0 Å². The Hall–Kier alpha value is -2.04. The molecule has 15 heavy (non-hydrogen) atoms. The lowest BCUT2D eigenvalue weighted by molar-refractivity contribution is 0.230. The number of rotatable bonds is 2. The fourth-order valence-corrected chi connectivity index (χ4v) is 1.000. The van der Waals surface area contributed by atoms with Crippen LogP contribution in [0.5, 0.6) is 0 Å². The van der Waals surface area contributed by atoms with E-state index in [0.717, 1.165) is 0 Å². The number of hydrogen-bond donors (Lipinski definition) is 3. The summed E-state index contributed by atoms with van der Waals surface area (Å²) in [5.74, 6) is -0.0176. The Morgan fingerprint density at radius 2 is 2.13 bits per heavy atom. The van der Waals surface area contributed by atoms with E-state index in [2.05, 4.69) is 5.32 Å². The molecule has 0 aromatic heterocycles. The molecule has 0 aliphatic heterocycles. The van der Waals surface area contributed by atoms with Crippen molar-refractivity contribution in [3.05, 3.63) is 29.8 Å². The summed E-state index contributed by atoms with van der Waals surface area (Å²) in [6.45, 7) is 0. The second kappa shape index (κ2) is 4.45. The van der Waals surface area contributed by atoms with Crippen molar-refractivity contribution in [2.45, 2.75) is 0 Å². The lowest BCUT2D eigenvalue weighted by atomic mass is 10.2. The third-order valence-electron chi connectivity index (χ3n) is 1.83. The van der Waals surface area contributed by atoms with Crippen molar-refractivity contribution in [3.8, 4) is 0 Å². The molecule has 5 nitrogen and oxygen atoms in total. The maximum Gasteiger partial charge on any atom is 0.321 e. The Labute approximate surface area is 88.4 Å². The molecule has 2 amide bonds. The Morgan fingerprint density at radius 3 is 2.67 bits per heavy atom. The maximum atomic E-state index is 11.3. The van der Waals surface area contributed by atoms with Crippen molar-refractivity contribution >= 4 is 17.6 Å². The van der Waals surface area contributed by atoms with Crippen LogP contribution in [0.15, 0.2) is 24.3 Å². The molecule has 0 spiro atoms. The van der Waals surface area contributed by atoms with Gasteiger partial charge < -0.3 is 16.0 Å². The van der Waals surface area contributed by atoms with Gasteiger partial charge in [0.15, 0.2) is 0 Å². The molecule has 1 rings (SSSR count). The van der Waals surface area contributed by atoms with E-state index in [4.69, 9.17) is 11.1 Å². The number of amides is 2. The van der Waals surface area contributed by atoms with Crippen LogP contribution in [0.2, 0.25) is 0 Å². The van der Waals surface area contributed by atoms with Crippen LogP contribution < -0.4 is 11.1 Å². The van der Waals surface area contributed by atoms with Crippen molar-refractivity contribution in [2.75, 3.05) is 19.4 Å². The number of nitrogens with one attached hydrogen (secondary N) is 2. The Balaban J connectivity index is 2.83. The van der Waals surface area contributed by atoms with Gasteiger partial charge in [-0.25, -0.2) is 4.79 Å². The van der Waals surface area contributed by atoms with Gasteiger partial charge >= 0.3 is 6.03 Å². The fourth-order valence-electron chi connectivity index (χ4n) is 1.000. The predicted octanol–water partition coefficient (Wildman–Crippen LogP) is 1.06. The Morgan fingerprint density at radius 1 is 1.47 bits per heavy atom. The topological polar surface area (TPSA) is 82.2 Å². The van der Waals surface area contributed by atoms with E-state index < -0.39 is 0 Å². The zero-order valence-corrected chi connectivity index (χ0v) is 8.74. The van der Waals surface area contributed by atoms with Gasteiger partial charge in [0, 0.05) is 25.3 Å². The molecule has 1 aromatic carbocycles. The molecule has 0 saturated heterocycles. The number of carbonyl (C=O) groups excluding carboxylic acids is 1. The molecule has 4 N–H and O–H groups in total. The standard InChI is InChI=1S/C10H14N4O/c1-14(2)10(15)13-8-5-3-4-7(6-8)9(11)12/h3-6H,1-2H3,(H3,11,12)(H,13,15). The molecule has 0 aliphatic rings. The second-order valence-electron chi connectivity index (χ2n) is 3.32. The number of benzene rings is 1. The predicted molar refractivity (Wildman–Crippen MR) is 60.2 cm³/mol. The van der Waals surface area contributed by atoms with Crippen molar-refractivity contribution in [1.29, 1.82) is 5.41 Å². The van der Waals surface area contributed by atoms with Crippen molar-refractivity contribution < 1.29 is 4.79 Å². The van der Waals surface area contributed by atoms with Crippen LogP contribution in [0.4, 0.5) is 10.5 Å². The molecule has 0 radical (unpaired) electrons. The van der Waals surface area contributed by atoms with Crippen LogP contribution in [-0.2, 0) is 0 Å². The van der Waals surface area contributed by atoms with Crippen LogP contribution in [0, 0.1) is 5.41 Å². The first-order valence-electron chi connectivity index (χ1n) is 4.43. The average molecular weight is 206 g/mol. The molecule has 0 unspecified atom stereocenters. The van der Waals surface area contributed by atoms with E-state index in [1.807, 2.05) is 0 Å². The normalized spacial score (nSPS) is 9.47. The van der Waals surface area contributed by atoms with E-state index in [1.54, 1.807) is 38.4 Å². The maximum absolute atomic E-state index is 11.3. The van der Waals surface area contributed by atoms with Crippen LogP contribution in [-0.4, -0.2) is 30.9 Å². The highest BCUT2D eigenvalue weighted by Gasteiger charge is 2.04. The highest BCUT2D eigenvalue weighted by Crippen LogP contribution is 2.10. The molecule has 5 heteroatoms. The molecule has 0 fully saturated rings. The lowest BCUT2D eigenvalue weighted by Crippen LogP contribution is -2.27. The van der Waals surface area contributed by atoms with E-state index in [9.17, 15) is 4.79 Å². The third kappa shape index (κ3) is 2.98. The van der Waals surface area contributed by atoms with Crippen LogP contribution >= 0.6 is 0 Å². The summed E-state index contributed by atoms with van der Waals surface area (Å²) in [7, 11) is 3.31. The minimum absolute atomic E-state index is 0.0176. The average Bonchev–Trinajstić information content (AvgIpc) is 2.18. The minimum atomic E-state index is -0.212. The highest BCUT2D eigenvalue weighted by molar-refractivity contribution is 5.97. The molecule has 1 aromatic rings. The van der Waals surface area contributed by atoms with Crippen LogP contribution in [0.1, 0.15) is 5.56 Å². The Bertz CT molecular complexity index is 387. The highest BCUT2D eigenvalue weighted by atomic mass is 16.2. The second-order valence-corrected chi connectivity index (χ2v) is 3.32. The molecule has 0 atom stereocenters. The molecule has 0 heterocycles. The first-order chi connectivity index (χ1) is 7.00. The zero-order chi connectivity index (χ0) is 11.4. The van der Waals surface area contributed by atoms with Gasteiger partial charge in [0.05, 0.1) is 0 Å². The van der Waals surface area contributed by atoms with Gasteiger partial charge in [0.1, 0.15) is 5.84 Å². The van der Waals surface area contributed by atoms with Crippen molar-refractivity contribution in [3.63, 3.8) is 0 Å². The molecular formula is C10H14N4O. The van der Waals surface area contributed by atoms with E-state index >= 15 is 0 Å². The largest absolute Gasteiger partial charge is 0.384 e. The van der Waals surface area contributed by atoms with Gasteiger partial charge in [-0.3, -0.25) is 5.41 Å². The number of hydrogen-bond acceptors (Lipinski definition) is 2. The summed E-state index contributed by atoms with van der Waals surface area (Å²) in [6.07, 6.45) is 0. The first-order valence-corrected chi connectivity index (χ1v) is 4.43. The smallest absolute Gasteiger partial charge is 0.321 e. The SMILES string of the molecule is CN(C)C(=O)Nc1cccc(C(=N)N)c1. The fraction of sp³-hybridized carbons (Fsp3) is 0.200. The third-order valence-corrected chi connectivity index (χ3v) is 1.83. The number of nitrogens with zero attached hydrogens (tertiary/aromatic N) is 1.